The highest BCUT2D eigenvalue weighted by molar-refractivity contribution is 6.31. The molecule has 0 spiro atoms. The number of rotatable bonds is 2. The van der Waals surface area contributed by atoms with Crippen molar-refractivity contribution in [3.05, 3.63) is 34.6 Å². The summed E-state index contributed by atoms with van der Waals surface area (Å²) in [5.41, 5.74) is 0.795. The minimum atomic E-state index is -0.268. The first-order valence-corrected chi connectivity index (χ1v) is 7.35. The normalized spacial score (nSPS) is 26.9. The minimum absolute atomic E-state index is 0.0751. The van der Waals surface area contributed by atoms with Gasteiger partial charge in [0.25, 0.3) is 0 Å². The van der Waals surface area contributed by atoms with Gasteiger partial charge in [-0.25, -0.2) is 4.39 Å². The second-order valence-corrected chi connectivity index (χ2v) is 6.21. The first-order valence-electron chi connectivity index (χ1n) is 6.97. The third-order valence-corrected chi connectivity index (χ3v) is 4.81. The van der Waals surface area contributed by atoms with E-state index in [1.807, 2.05) is 11.9 Å². The number of piperidine rings is 1. The highest BCUT2D eigenvalue weighted by Gasteiger charge is 2.38. The van der Waals surface area contributed by atoms with E-state index in [4.69, 9.17) is 11.6 Å². The van der Waals surface area contributed by atoms with E-state index in [0.29, 0.717) is 11.6 Å². The average molecular weight is 297 g/mol. The maximum atomic E-state index is 13.3. The Bertz CT molecular complexity index is 537. The molecule has 2 atom stereocenters. The molecule has 20 heavy (non-hydrogen) atoms. The molecular formula is C15H18ClFN2O. The van der Waals surface area contributed by atoms with E-state index in [9.17, 15) is 9.18 Å². The molecule has 1 amide bonds. The van der Waals surface area contributed by atoms with Crippen LogP contribution in [0.1, 0.15) is 18.4 Å². The van der Waals surface area contributed by atoms with Crippen LogP contribution < -0.4 is 0 Å². The van der Waals surface area contributed by atoms with Crippen molar-refractivity contribution in [1.29, 1.82) is 0 Å². The molecule has 3 fully saturated rings. The average Bonchev–Trinajstić information content (AvgIpc) is 2.68. The van der Waals surface area contributed by atoms with Crippen LogP contribution in [0.2, 0.25) is 5.02 Å². The minimum Gasteiger partial charge on any atom is -0.341 e. The van der Waals surface area contributed by atoms with Gasteiger partial charge in [0.05, 0.1) is 5.92 Å². The molecule has 0 aliphatic carbocycles. The third kappa shape index (κ3) is 2.54. The van der Waals surface area contributed by atoms with Crippen molar-refractivity contribution in [1.82, 2.24) is 9.80 Å². The zero-order valence-electron chi connectivity index (χ0n) is 11.5. The number of halogens is 2. The Morgan fingerprint density at radius 1 is 1.35 bits per heavy atom. The Labute approximate surface area is 123 Å². The molecule has 3 nitrogen and oxygen atoms in total. The Balaban J connectivity index is 1.79. The third-order valence-electron chi connectivity index (χ3n) is 4.44. The lowest BCUT2D eigenvalue weighted by atomic mass is 9.95. The van der Waals surface area contributed by atoms with Crippen LogP contribution in [-0.2, 0) is 11.3 Å². The van der Waals surface area contributed by atoms with Crippen LogP contribution in [0.3, 0.4) is 0 Å². The van der Waals surface area contributed by atoms with Crippen molar-refractivity contribution >= 4 is 17.5 Å². The summed E-state index contributed by atoms with van der Waals surface area (Å²) in [4.78, 5) is 16.2. The summed E-state index contributed by atoms with van der Waals surface area (Å²) in [6.45, 7) is 2.18. The lowest BCUT2D eigenvalue weighted by Gasteiger charge is -2.32. The van der Waals surface area contributed by atoms with Gasteiger partial charge in [0, 0.05) is 37.7 Å². The topological polar surface area (TPSA) is 23.6 Å². The molecule has 0 saturated carbocycles. The fourth-order valence-electron chi connectivity index (χ4n) is 3.28. The van der Waals surface area contributed by atoms with E-state index in [0.717, 1.165) is 31.5 Å². The lowest BCUT2D eigenvalue weighted by Crippen LogP contribution is -2.45. The fourth-order valence-corrected chi connectivity index (χ4v) is 3.46. The van der Waals surface area contributed by atoms with Gasteiger partial charge in [0.15, 0.2) is 0 Å². The molecule has 2 bridgehead atoms. The second kappa shape index (κ2) is 5.34. The zero-order valence-corrected chi connectivity index (χ0v) is 12.2. The maximum absolute atomic E-state index is 13.3. The van der Waals surface area contributed by atoms with E-state index >= 15 is 0 Å². The summed E-state index contributed by atoms with van der Waals surface area (Å²) < 4.78 is 13.3. The molecule has 3 saturated heterocycles. The monoisotopic (exact) mass is 296 g/mol. The first kappa shape index (κ1) is 13.8. The van der Waals surface area contributed by atoms with Gasteiger partial charge >= 0.3 is 0 Å². The lowest BCUT2D eigenvalue weighted by molar-refractivity contribution is -0.138. The van der Waals surface area contributed by atoms with Crippen LogP contribution >= 0.6 is 11.6 Å². The van der Waals surface area contributed by atoms with Gasteiger partial charge in [-0.05, 0) is 36.6 Å². The van der Waals surface area contributed by atoms with E-state index in [-0.39, 0.29) is 23.7 Å². The Morgan fingerprint density at radius 2 is 2.15 bits per heavy atom. The number of hydrogen-bond acceptors (Lipinski definition) is 2. The van der Waals surface area contributed by atoms with Gasteiger partial charge in [-0.15, -0.1) is 0 Å². The summed E-state index contributed by atoms with van der Waals surface area (Å²) in [5.74, 6) is 0.0514. The summed E-state index contributed by atoms with van der Waals surface area (Å²) in [6, 6.07) is 4.72. The van der Waals surface area contributed by atoms with Crippen molar-refractivity contribution in [3.8, 4) is 0 Å². The standard InChI is InChI=1S/C15H18ClFN2O/c1-18-13-4-2-10(15(18)20)7-19(9-13)8-11-6-12(17)3-5-14(11)16/h3,5-6,10,13H,2,4,7-9H2,1H3/t10-,13+/m1/s1. The van der Waals surface area contributed by atoms with Crippen molar-refractivity contribution in [3.63, 3.8) is 0 Å². The smallest absolute Gasteiger partial charge is 0.227 e. The number of benzene rings is 1. The summed E-state index contributed by atoms with van der Waals surface area (Å²) in [7, 11) is 1.89. The van der Waals surface area contributed by atoms with Gasteiger partial charge < -0.3 is 4.90 Å². The number of fused-ring (bicyclic) bond motifs is 4. The van der Waals surface area contributed by atoms with Gasteiger partial charge in [0.1, 0.15) is 5.82 Å². The predicted octanol–water partition coefficient (Wildman–Crippen LogP) is 2.53. The molecule has 3 aliphatic heterocycles. The maximum Gasteiger partial charge on any atom is 0.227 e. The summed E-state index contributed by atoms with van der Waals surface area (Å²) in [5, 5.41) is 0.586. The zero-order chi connectivity index (χ0) is 14.3. The molecule has 0 radical (unpaired) electrons. The van der Waals surface area contributed by atoms with E-state index < -0.39 is 0 Å². The number of amides is 1. The molecule has 1 aromatic carbocycles. The Hall–Kier alpha value is -1.13. The molecule has 4 rings (SSSR count). The highest BCUT2D eigenvalue weighted by atomic mass is 35.5. The van der Waals surface area contributed by atoms with Crippen LogP contribution in [0.25, 0.3) is 0 Å². The predicted molar refractivity (Wildman–Crippen MR) is 76.0 cm³/mol. The highest BCUT2D eigenvalue weighted by Crippen LogP contribution is 2.29. The van der Waals surface area contributed by atoms with Gasteiger partial charge in [-0.1, -0.05) is 11.6 Å². The van der Waals surface area contributed by atoms with Crippen LogP contribution in [0.4, 0.5) is 4.39 Å². The van der Waals surface area contributed by atoms with Crippen molar-refractivity contribution in [2.45, 2.75) is 25.4 Å². The molecule has 0 unspecified atom stereocenters. The number of hydrogen-bond donors (Lipinski definition) is 0. The number of nitrogens with zero attached hydrogens (tertiary/aromatic N) is 2. The Kier molecular flexibility index (Phi) is 3.69. The number of carbonyl (C=O) groups is 1. The summed E-state index contributed by atoms with van der Waals surface area (Å²) in [6.07, 6.45) is 2.02. The fraction of sp³-hybridized carbons (Fsp3) is 0.533. The van der Waals surface area contributed by atoms with E-state index in [2.05, 4.69) is 4.90 Å². The van der Waals surface area contributed by atoms with Crippen molar-refractivity contribution < 1.29 is 9.18 Å². The quantitative estimate of drug-likeness (QED) is 0.837. The molecule has 3 aliphatic rings. The molecule has 5 heteroatoms. The van der Waals surface area contributed by atoms with Gasteiger partial charge in [-0.2, -0.15) is 0 Å². The van der Waals surface area contributed by atoms with Crippen LogP contribution in [0, 0.1) is 11.7 Å². The van der Waals surface area contributed by atoms with Crippen molar-refractivity contribution in [2.24, 2.45) is 5.92 Å². The number of carbonyl (C=O) groups excluding carboxylic acids is 1. The van der Waals surface area contributed by atoms with E-state index in [1.54, 1.807) is 6.07 Å². The van der Waals surface area contributed by atoms with Crippen molar-refractivity contribution in [2.75, 3.05) is 20.1 Å². The Morgan fingerprint density at radius 3 is 2.95 bits per heavy atom. The largest absolute Gasteiger partial charge is 0.341 e. The SMILES string of the molecule is CN1C(=O)[C@@H]2CC[C@H]1CN(Cc1cc(F)ccc1Cl)C2. The second-order valence-electron chi connectivity index (χ2n) is 5.81. The number of likely N-dealkylation sites (N-methyl/N-ethyl adjacent to an activating group) is 1. The van der Waals surface area contributed by atoms with Gasteiger partial charge in [-0.3, -0.25) is 9.69 Å². The first-order chi connectivity index (χ1) is 9.54. The van der Waals surface area contributed by atoms with E-state index in [1.165, 1.54) is 12.1 Å². The van der Waals surface area contributed by atoms with Crippen LogP contribution in [0.15, 0.2) is 18.2 Å². The van der Waals surface area contributed by atoms with Crippen LogP contribution in [-0.4, -0.2) is 41.9 Å². The molecule has 3 heterocycles. The molecule has 0 N–H and O–H groups in total. The van der Waals surface area contributed by atoms with Crippen LogP contribution in [0.5, 0.6) is 0 Å². The van der Waals surface area contributed by atoms with Gasteiger partial charge in [0.2, 0.25) is 5.91 Å². The molecule has 1 aromatic rings. The molecular weight excluding hydrogens is 279 g/mol. The molecule has 0 aromatic heterocycles. The molecule has 108 valence electrons. The summed E-state index contributed by atoms with van der Waals surface area (Å²) >= 11 is 6.13.